The third-order valence-electron chi connectivity index (χ3n) is 10.6. The van der Waals surface area contributed by atoms with Gasteiger partial charge in [-0.3, -0.25) is 4.90 Å². The number of phenolic OH excluding ortho intramolecular Hbond substituents is 3. The summed E-state index contributed by atoms with van der Waals surface area (Å²) in [5.74, 6) is 1.09. The van der Waals surface area contributed by atoms with Crippen LogP contribution in [-0.2, 0) is 52.1 Å². The zero-order chi connectivity index (χ0) is 40.9. The molecule has 0 amide bonds. The maximum atomic E-state index is 11.9. The van der Waals surface area contributed by atoms with Gasteiger partial charge in [-0.15, -0.1) is 0 Å². The molecule has 0 aliphatic heterocycles. The Morgan fingerprint density at radius 1 is 0.377 bits per heavy atom. The minimum absolute atomic E-state index is 0.0528. The van der Waals surface area contributed by atoms with Gasteiger partial charge in [-0.2, -0.15) is 0 Å². The van der Waals surface area contributed by atoms with Crippen LogP contribution in [0.25, 0.3) is 0 Å². The van der Waals surface area contributed by atoms with Crippen molar-refractivity contribution in [1.82, 2.24) is 9.80 Å². The Morgan fingerprint density at radius 2 is 0.642 bits per heavy atom. The van der Waals surface area contributed by atoms with Gasteiger partial charge in [0.15, 0.2) is 0 Å². The molecule has 3 N–H and O–H groups in total. The van der Waals surface area contributed by atoms with E-state index in [9.17, 15) is 15.3 Å². The van der Waals surface area contributed by atoms with Gasteiger partial charge in [0.05, 0.1) is 0 Å². The molecule has 0 radical (unpaired) electrons. The van der Waals surface area contributed by atoms with Crippen molar-refractivity contribution in [1.29, 1.82) is 0 Å². The first kappa shape index (κ1) is 44.4. The lowest BCUT2D eigenvalue weighted by molar-refractivity contribution is 0.203. The van der Waals surface area contributed by atoms with Crippen LogP contribution >= 0.6 is 0 Å². The van der Waals surface area contributed by atoms with Crippen LogP contribution in [0.15, 0.2) is 36.4 Å². The Kier molecular flexibility index (Phi) is 12.8. The summed E-state index contributed by atoms with van der Waals surface area (Å²) in [5.41, 5.74) is 8.33. The standard InChI is InChI=1S/C48H76N2O3/c1-43(2,3)34-22-31(40(51)37(25-34)46(10,11)12)28-49(19)20-21-50(29-32-23-35(44(4,5)6)26-38(41(32)52)47(13,14)15)30-33-24-36(45(7,8)9)27-39(42(33)53)48(16,17)18/h22-27,51-53H,20-21,28-30H2,1-19H3. The highest BCUT2D eigenvalue weighted by Gasteiger charge is 2.29. The smallest absolute Gasteiger partial charge is 0.123 e. The monoisotopic (exact) mass is 729 g/mol. The molecule has 0 bridgehead atoms. The number of hydrogen-bond donors (Lipinski definition) is 3. The lowest BCUT2D eigenvalue weighted by atomic mass is 9.78. The van der Waals surface area contributed by atoms with E-state index in [1.165, 1.54) is 16.7 Å². The van der Waals surface area contributed by atoms with Crippen LogP contribution in [0.5, 0.6) is 17.2 Å². The number of likely N-dealkylation sites (N-methyl/N-ethyl adjacent to an activating group) is 1. The molecule has 0 unspecified atom stereocenters. The van der Waals surface area contributed by atoms with Crippen molar-refractivity contribution < 1.29 is 15.3 Å². The molecule has 0 aromatic heterocycles. The van der Waals surface area contributed by atoms with Gasteiger partial charge in [0.1, 0.15) is 17.2 Å². The molecule has 53 heavy (non-hydrogen) atoms. The topological polar surface area (TPSA) is 67.2 Å². The van der Waals surface area contributed by atoms with E-state index in [4.69, 9.17) is 0 Å². The van der Waals surface area contributed by atoms with Crippen molar-refractivity contribution in [2.75, 3.05) is 20.1 Å². The average Bonchev–Trinajstić information content (AvgIpc) is 2.95. The molecule has 0 saturated heterocycles. The van der Waals surface area contributed by atoms with E-state index in [1.54, 1.807) is 0 Å². The SMILES string of the molecule is CN(CCN(Cc1cc(C(C)(C)C)cc(C(C)(C)C)c1O)Cc1cc(C(C)(C)C)cc(C(C)(C)C)c1O)Cc1cc(C(C)(C)C)cc(C(C)(C)C)c1O. The highest BCUT2D eigenvalue weighted by Crippen LogP contribution is 2.41. The molecule has 0 spiro atoms. The maximum absolute atomic E-state index is 11.9. The van der Waals surface area contributed by atoms with Crippen molar-refractivity contribution >= 4 is 0 Å². The molecular formula is C48H76N2O3. The van der Waals surface area contributed by atoms with Crippen LogP contribution in [0.1, 0.15) is 175 Å². The van der Waals surface area contributed by atoms with Gasteiger partial charge < -0.3 is 20.2 Å². The zero-order valence-corrected chi connectivity index (χ0v) is 37.2. The highest BCUT2D eigenvalue weighted by atomic mass is 16.3. The van der Waals surface area contributed by atoms with Gasteiger partial charge in [-0.1, -0.05) is 161 Å². The fraction of sp³-hybridized carbons (Fsp3) is 0.625. The minimum Gasteiger partial charge on any atom is -0.507 e. The third-order valence-corrected chi connectivity index (χ3v) is 10.6. The molecule has 0 heterocycles. The summed E-state index contributed by atoms with van der Waals surface area (Å²) >= 11 is 0. The van der Waals surface area contributed by atoms with Gasteiger partial charge >= 0.3 is 0 Å². The van der Waals surface area contributed by atoms with Crippen molar-refractivity contribution in [3.05, 3.63) is 86.5 Å². The first-order valence-corrected chi connectivity index (χ1v) is 19.7. The molecule has 5 heteroatoms. The minimum atomic E-state index is -0.235. The van der Waals surface area contributed by atoms with Crippen molar-refractivity contribution in [3.63, 3.8) is 0 Å². The van der Waals surface area contributed by atoms with Crippen LogP contribution in [0.3, 0.4) is 0 Å². The molecule has 0 fully saturated rings. The summed E-state index contributed by atoms with van der Waals surface area (Å²) in [6.07, 6.45) is 0. The highest BCUT2D eigenvalue weighted by molar-refractivity contribution is 5.51. The summed E-state index contributed by atoms with van der Waals surface area (Å²) in [6.45, 7) is 42.5. The number of benzene rings is 3. The molecule has 296 valence electrons. The average molecular weight is 729 g/mol. The van der Waals surface area contributed by atoms with E-state index in [2.05, 4.69) is 178 Å². The van der Waals surface area contributed by atoms with Crippen LogP contribution in [0.2, 0.25) is 0 Å². The molecule has 0 aliphatic carbocycles. The number of aromatic hydroxyl groups is 3. The van der Waals surface area contributed by atoms with Gasteiger partial charge in [0.2, 0.25) is 0 Å². The van der Waals surface area contributed by atoms with E-state index in [-0.39, 0.29) is 32.5 Å². The van der Waals surface area contributed by atoms with Gasteiger partial charge in [-0.05, 0) is 72.9 Å². The normalized spacial score (nSPS) is 13.8. The van der Waals surface area contributed by atoms with E-state index in [0.717, 1.165) is 39.9 Å². The number of hydrogen-bond acceptors (Lipinski definition) is 5. The predicted molar refractivity (Wildman–Crippen MR) is 227 cm³/mol. The fourth-order valence-electron chi connectivity index (χ4n) is 6.84. The van der Waals surface area contributed by atoms with Crippen molar-refractivity contribution in [3.8, 4) is 17.2 Å². The molecule has 0 saturated carbocycles. The van der Waals surface area contributed by atoms with Gasteiger partial charge in [-0.25, -0.2) is 0 Å². The van der Waals surface area contributed by atoms with Crippen LogP contribution in [0, 0.1) is 0 Å². The lowest BCUT2D eigenvalue weighted by Crippen LogP contribution is -2.33. The summed E-state index contributed by atoms with van der Waals surface area (Å²) in [4.78, 5) is 4.64. The van der Waals surface area contributed by atoms with Crippen LogP contribution in [0.4, 0.5) is 0 Å². The Balaban J connectivity index is 2.14. The first-order chi connectivity index (χ1) is 23.7. The molecule has 5 nitrogen and oxygen atoms in total. The van der Waals surface area contributed by atoms with Gasteiger partial charge in [0.25, 0.3) is 0 Å². The largest absolute Gasteiger partial charge is 0.507 e. The van der Waals surface area contributed by atoms with Crippen LogP contribution in [-0.4, -0.2) is 45.3 Å². The first-order valence-electron chi connectivity index (χ1n) is 19.7. The Hall–Kier alpha value is -3.02. The predicted octanol–water partition coefficient (Wildman–Crippen LogP) is 11.7. The number of nitrogens with zero attached hydrogens (tertiary/aromatic N) is 2. The summed E-state index contributed by atoms with van der Waals surface area (Å²) < 4.78 is 0. The molecule has 0 aliphatic rings. The zero-order valence-electron chi connectivity index (χ0n) is 37.2. The van der Waals surface area contributed by atoms with E-state index in [1.807, 2.05) is 0 Å². The summed E-state index contributed by atoms with van der Waals surface area (Å²) in [6, 6.07) is 13.1. The van der Waals surface area contributed by atoms with E-state index < -0.39 is 0 Å². The van der Waals surface area contributed by atoms with Crippen LogP contribution < -0.4 is 0 Å². The second-order valence-corrected chi connectivity index (χ2v) is 22.0. The fourth-order valence-corrected chi connectivity index (χ4v) is 6.84. The summed E-state index contributed by atoms with van der Waals surface area (Å²) in [7, 11) is 2.11. The Bertz CT molecular complexity index is 1660. The third kappa shape index (κ3) is 11.3. The molecule has 3 aromatic rings. The number of rotatable bonds is 9. The number of phenols is 3. The molecule has 3 rings (SSSR count). The molecule has 3 aromatic carbocycles. The second-order valence-electron chi connectivity index (χ2n) is 22.0. The van der Waals surface area contributed by atoms with Gasteiger partial charge in [0, 0.05) is 49.4 Å². The molecule has 0 atom stereocenters. The van der Waals surface area contributed by atoms with Crippen molar-refractivity contribution in [2.45, 2.75) is 177 Å². The Labute approximate surface area is 324 Å². The lowest BCUT2D eigenvalue weighted by Gasteiger charge is -2.32. The maximum Gasteiger partial charge on any atom is 0.123 e. The van der Waals surface area contributed by atoms with E-state index in [0.29, 0.717) is 43.4 Å². The summed E-state index contributed by atoms with van der Waals surface area (Å²) in [5, 5.41) is 35.3. The Morgan fingerprint density at radius 3 is 0.887 bits per heavy atom. The quantitative estimate of drug-likeness (QED) is 0.205. The second kappa shape index (κ2) is 15.3. The molecular weight excluding hydrogens is 653 g/mol. The van der Waals surface area contributed by atoms with Crippen molar-refractivity contribution in [2.24, 2.45) is 0 Å². The van der Waals surface area contributed by atoms with E-state index >= 15 is 0 Å².